The molecule has 0 aliphatic carbocycles. The van der Waals surface area contributed by atoms with E-state index in [1.165, 1.54) is 30.5 Å². The molecule has 31 heavy (non-hydrogen) atoms. The molecule has 8 nitrogen and oxygen atoms in total. The molecule has 1 heterocycles. The van der Waals surface area contributed by atoms with Crippen LogP contribution in [-0.4, -0.2) is 36.1 Å². The number of phenols is 1. The zero-order valence-corrected chi connectivity index (χ0v) is 17.8. The fourth-order valence-electron chi connectivity index (χ4n) is 2.66. The highest BCUT2D eigenvalue weighted by Gasteiger charge is 2.15. The molecule has 0 fully saturated rings. The van der Waals surface area contributed by atoms with E-state index in [1.54, 1.807) is 50.3 Å². The lowest BCUT2D eigenvalue weighted by Gasteiger charge is -2.07. The normalized spacial score (nSPS) is 11.4. The van der Waals surface area contributed by atoms with Crippen LogP contribution in [0.15, 0.2) is 59.6 Å². The summed E-state index contributed by atoms with van der Waals surface area (Å²) in [6.45, 7) is 3.63. The van der Waals surface area contributed by atoms with E-state index in [2.05, 4.69) is 14.7 Å². The van der Waals surface area contributed by atoms with Crippen LogP contribution in [0.25, 0.3) is 12.2 Å². The third-order valence-electron chi connectivity index (χ3n) is 4.20. The highest BCUT2D eigenvalue weighted by Crippen LogP contribution is 2.21. The maximum atomic E-state index is 12.5. The van der Waals surface area contributed by atoms with Crippen LogP contribution in [0.5, 0.6) is 5.75 Å². The molecular weight excluding hydrogens is 418 g/mol. The maximum Gasteiger partial charge on any atom is 0.341 e. The SMILES string of the molecule is CCOC(=O)c1cc(C=Cc2ccc(S(=O)(=O)Nc3nccc(C)n3)cc2)ccc1O. The van der Waals surface area contributed by atoms with Crippen molar-refractivity contribution >= 4 is 34.1 Å². The number of anilines is 1. The van der Waals surface area contributed by atoms with E-state index in [4.69, 9.17) is 4.74 Å². The molecule has 160 valence electrons. The number of aromatic hydroxyl groups is 1. The number of aromatic nitrogens is 2. The van der Waals surface area contributed by atoms with Gasteiger partial charge in [-0.15, -0.1) is 0 Å². The van der Waals surface area contributed by atoms with E-state index in [-0.39, 0.29) is 28.8 Å². The molecule has 0 saturated carbocycles. The molecule has 0 amide bonds. The van der Waals surface area contributed by atoms with Crippen LogP contribution >= 0.6 is 0 Å². The predicted molar refractivity (Wildman–Crippen MR) is 117 cm³/mol. The minimum Gasteiger partial charge on any atom is -0.507 e. The van der Waals surface area contributed by atoms with Gasteiger partial charge in [0, 0.05) is 11.9 Å². The number of esters is 1. The largest absolute Gasteiger partial charge is 0.507 e. The van der Waals surface area contributed by atoms with Crippen LogP contribution in [-0.2, 0) is 14.8 Å². The molecule has 0 bridgehead atoms. The molecule has 0 aliphatic rings. The van der Waals surface area contributed by atoms with E-state index in [0.29, 0.717) is 11.3 Å². The zero-order valence-electron chi connectivity index (χ0n) is 16.9. The lowest BCUT2D eigenvalue weighted by atomic mass is 10.1. The second kappa shape index (κ2) is 9.40. The van der Waals surface area contributed by atoms with E-state index in [9.17, 15) is 18.3 Å². The molecular formula is C22H21N3O5S. The monoisotopic (exact) mass is 439 g/mol. The third-order valence-corrected chi connectivity index (χ3v) is 5.54. The van der Waals surface area contributed by atoms with Crippen molar-refractivity contribution in [2.24, 2.45) is 0 Å². The van der Waals surface area contributed by atoms with E-state index < -0.39 is 16.0 Å². The first-order valence-corrected chi connectivity index (χ1v) is 10.9. The Morgan fingerprint density at radius 3 is 2.45 bits per heavy atom. The van der Waals surface area contributed by atoms with Crippen molar-refractivity contribution in [3.63, 3.8) is 0 Å². The first-order valence-electron chi connectivity index (χ1n) is 9.39. The summed E-state index contributed by atoms with van der Waals surface area (Å²) in [4.78, 5) is 19.9. The molecule has 0 atom stereocenters. The van der Waals surface area contributed by atoms with Gasteiger partial charge in [-0.25, -0.2) is 27.9 Å². The van der Waals surface area contributed by atoms with Crippen molar-refractivity contribution in [1.29, 1.82) is 0 Å². The molecule has 3 rings (SSSR count). The molecule has 0 saturated heterocycles. The van der Waals surface area contributed by atoms with E-state index in [0.717, 1.165) is 5.56 Å². The summed E-state index contributed by atoms with van der Waals surface area (Å²) in [6.07, 6.45) is 4.98. The number of phenolic OH excluding ortho intramolecular Hbond substituents is 1. The van der Waals surface area contributed by atoms with Crippen molar-refractivity contribution in [2.45, 2.75) is 18.7 Å². The van der Waals surface area contributed by atoms with Crippen LogP contribution in [0.2, 0.25) is 0 Å². The van der Waals surface area contributed by atoms with Crippen LogP contribution in [0.3, 0.4) is 0 Å². The van der Waals surface area contributed by atoms with Crippen molar-refractivity contribution in [2.75, 3.05) is 11.3 Å². The average Bonchev–Trinajstić information content (AvgIpc) is 2.73. The summed E-state index contributed by atoms with van der Waals surface area (Å²) >= 11 is 0. The molecule has 0 aliphatic heterocycles. The molecule has 1 aromatic heterocycles. The summed E-state index contributed by atoms with van der Waals surface area (Å²) in [6, 6.07) is 12.5. The number of rotatable bonds is 7. The number of aryl methyl sites for hydroxylation is 1. The first-order chi connectivity index (χ1) is 14.8. The molecule has 9 heteroatoms. The van der Waals surface area contributed by atoms with Crippen LogP contribution < -0.4 is 4.72 Å². The molecule has 2 aromatic carbocycles. The quantitative estimate of drug-likeness (QED) is 0.426. The van der Waals surface area contributed by atoms with Crippen molar-refractivity contribution in [1.82, 2.24) is 9.97 Å². The highest BCUT2D eigenvalue weighted by molar-refractivity contribution is 7.92. The van der Waals surface area contributed by atoms with Gasteiger partial charge in [-0.3, -0.25) is 0 Å². The number of carbonyl (C=O) groups is 1. The Balaban J connectivity index is 1.75. The van der Waals surface area contributed by atoms with Crippen molar-refractivity contribution in [3.05, 3.63) is 77.1 Å². The standard InChI is InChI=1S/C22H21N3O5S/c1-3-30-21(27)19-14-17(8-11-20(19)26)5-4-16-6-9-18(10-7-16)31(28,29)25-22-23-13-12-15(2)24-22/h4-14,26H,3H2,1-2H3,(H,23,24,25). The first kappa shape index (κ1) is 22.0. The van der Waals surface area contributed by atoms with Gasteiger partial charge < -0.3 is 9.84 Å². The lowest BCUT2D eigenvalue weighted by Crippen LogP contribution is -2.15. The van der Waals surface area contributed by atoms with Gasteiger partial charge in [-0.05, 0) is 55.3 Å². The van der Waals surface area contributed by atoms with Gasteiger partial charge >= 0.3 is 5.97 Å². The second-order valence-electron chi connectivity index (χ2n) is 6.53. The number of hydrogen-bond donors (Lipinski definition) is 2. The molecule has 0 radical (unpaired) electrons. The Kier molecular flexibility index (Phi) is 6.66. The van der Waals surface area contributed by atoms with Crippen LogP contribution in [0.1, 0.15) is 34.1 Å². The van der Waals surface area contributed by atoms with Gasteiger partial charge in [0.25, 0.3) is 10.0 Å². The fourth-order valence-corrected chi connectivity index (χ4v) is 3.61. The summed E-state index contributed by atoms with van der Waals surface area (Å²) in [7, 11) is -3.82. The number of nitrogens with zero attached hydrogens (tertiary/aromatic N) is 2. The molecule has 2 N–H and O–H groups in total. The van der Waals surface area contributed by atoms with Crippen molar-refractivity contribution in [3.8, 4) is 5.75 Å². The average molecular weight is 439 g/mol. The van der Waals surface area contributed by atoms with Gasteiger partial charge in [-0.2, -0.15) is 0 Å². The van der Waals surface area contributed by atoms with Gasteiger partial charge in [0.2, 0.25) is 5.95 Å². The molecule has 0 unspecified atom stereocenters. The Bertz CT molecular complexity index is 1220. The topological polar surface area (TPSA) is 118 Å². The third kappa shape index (κ3) is 5.67. The number of ether oxygens (including phenoxy) is 1. The smallest absolute Gasteiger partial charge is 0.341 e. The number of hydrogen-bond acceptors (Lipinski definition) is 7. The summed E-state index contributed by atoms with van der Waals surface area (Å²) in [5, 5.41) is 9.85. The Morgan fingerprint density at radius 1 is 1.10 bits per heavy atom. The second-order valence-corrected chi connectivity index (χ2v) is 8.21. The molecule has 3 aromatic rings. The van der Waals surface area contributed by atoms with E-state index >= 15 is 0 Å². The van der Waals surface area contributed by atoms with Crippen LogP contribution in [0.4, 0.5) is 5.95 Å². The van der Waals surface area contributed by atoms with Gasteiger partial charge in [0.15, 0.2) is 0 Å². The number of carbonyl (C=O) groups excluding carboxylic acids is 1. The van der Waals surface area contributed by atoms with Gasteiger partial charge in [0.05, 0.1) is 11.5 Å². The minimum absolute atomic E-state index is 0.00806. The minimum atomic E-state index is -3.82. The summed E-state index contributed by atoms with van der Waals surface area (Å²) in [5.41, 5.74) is 2.15. The van der Waals surface area contributed by atoms with Gasteiger partial charge in [-0.1, -0.05) is 30.4 Å². The predicted octanol–water partition coefficient (Wildman–Crippen LogP) is 3.64. The Hall–Kier alpha value is -3.72. The Labute approximate surface area is 180 Å². The van der Waals surface area contributed by atoms with Gasteiger partial charge in [0.1, 0.15) is 11.3 Å². The maximum absolute atomic E-state index is 12.5. The number of benzene rings is 2. The zero-order chi connectivity index (χ0) is 22.4. The molecule has 0 spiro atoms. The highest BCUT2D eigenvalue weighted by atomic mass is 32.2. The fraction of sp³-hybridized carbons (Fsp3) is 0.136. The Morgan fingerprint density at radius 2 is 1.77 bits per heavy atom. The summed E-state index contributed by atoms with van der Waals surface area (Å²) < 4.78 is 32.3. The number of sulfonamides is 1. The lowest BCUT2D eigenvalue weighted by molar-refractivity contribution is 0.0523. The number of nitrogens with one attached hydrogen (secondary N) is 1. The summed E-state index contributed by atoms with van der Waals surface area (Å²) in [5.74, 6) is -0.751. The van der Waals surface area contributed by atoms with E-state index in [1.807, 2.05) is 0 Å². The van der Waals surface area contributed by atoms with Crippen LogP contribution in [0, 0.1) is 6.92 Å². The van der Waals surface area contributed by atoms with Crippen molar-refractivity contribution < 1.29 is 23.1 Å².